The van der Waals surface area contributed by atoms with Crippen LogP contribution in [0.15, 0.2) is 0 Å². The summed E-state index contributed by atoms with van der Waals surface area (Å²) in [6.07, 6.45) is 15.7. The second-order valence-corrected chi connectivity index (χ2v) is 6.05. The van der Waals surface area contributed by atoms with Crippen LogP contribution in [-0.4, -0.2) is 36.0 Å². The van der Waals surface area contributed by atoms with Crippen molar-refractivity contribution < 1.29 is 9.84 Å². The molecule has 0 saturated heterocycles. The van der Waals surface area contributed by atoms with Crippen LogP contribution in [0.2, 0.25) is 0 Å². The summed E-state index contributed by atoms with van der Waals surface area (Å²) in [4.78, 5) is 0. The van der Waals surface area contributed by atoms with Gasteiger partial charge in [0.2, 0.25) is 0 Å². The van der Waals surface area contributed by atoms with Crippen LogP contribution in [-0.2, 0) is 4.74 Å². The Labute approximate surface area is 117 Å². The lowest BCUT2D eigenvalue weighted by Crippen LogP contribution is -2.40. The Morgan fingerprint density at radius 2 is 1.89 bits per heavy atom. The number of hydrogen-bond donors (Lipinski definition) is 2. The van der Waals surface area contributed by atoms with Gasteiger partial charge in [-0.1, -0.05) is 25.2 Å². The third-order valence-electron chi connectivity index (χ3n) is 4.47. The van der Waals surface area contributed by atoms with Crippen molar-refractivity contribution in [2.45, 2.75) is 75.5 Å². The zero-order valence-electron chi connectivity index (χ0n) is 11.9. The highest BCUT2D eigenvalue weighted by atomic mass is 16.5. The minimum absolute atomic E-state index is 0.351. The summed E-state index contributed by atoms with van der Waals surface area (Å²) in [5.74, 6) is 2.82. The Kier molecular flexibility index (Phi) is 5.69. The van der Waals surface area contributed by atoms with Crippen molar-refractivity contribution in [3.63, 3.8) is 0 Å². The third-order valence-corrected chi connectivity index (χ3v) is 4.47. The number of aliphatic hydroxyl groups is 1. The van der Waals surface area contributed by atoms with Gasteiger partial charge in [-0.2, -0.15) is 0 Å². The third kappa shape index (κ3) is 4.49. The monoisotopic (exact) mass is 265 g/mol. The van der Waals surface area contributed by atoms with E-state index in [0.29, 0.717) is 19.2 Å². The molecule has 0 radical (unpaired) electrons. The fourth-order valence-electron chi connectivity index (χ4n) is 3.20. The molecule has 0 aromatic carbocycles. The first-order valence-electron chi connectivity index (χ1n) is 7.77. The first-order chi connectivity index (χ1) is 9.24. The molecule has 3 heteroatoms. The molecule has 0 amide bonds. The van der Waals surface area contributed by atoms with Crippen LogP contribution in [0.5, 0.6) is 0 Å². The van der Waals surface area contributed by atoms with E-state index in [4.69, 9.17) is 11.2 Å². The lowest BCUT2D eigenvalue weighted by molar-refractivity contribution is -0.0633. The summed E-state index contributed by atoms with van der Waals surface area (Å²) in [5.41, 5.74) is -0.410. The molecule has 1 atom stereocenters. The van der Waals surface area contributed by atoms with Crippen LogP contribution in [0.25, 0.3) is 0 Å². The molecule has 2 aliphatic carbocycles. The Morgan fingerprint density at radius 1 is 1.21 bits per heavy atom. The van der Waals surface area contributed by atoms with E-state index in [9.17, 15) is 5.11 Å². The van der Waals surface area contributed by atoms with Gasteiger partial charge >= 0.3 is 0 Å². The molecule has 2 rings (SSSR count). The SMILES string of the molecule is C#CC1(OCC(O)CNC2CCCC2)CCCCC1. The second-order valence-electron chi connectivity index (χ2n) is 6.05. The van der Waals surface area contributed by atoms with E-state index in [1.807, 2.05) is 0 Å². The maximum atomic E-state index is 9.99. The van der Waals surface area contributed by atoms with Crippen LogP contribution < -0.4 is 5.32 Å². The number of rotatable bonds is 6. The highest BCUT2D eigenvalue weighted by molar-refractivity contribution is 5.09. The van der Waals surface area contributed by atoms with Gasteiger partial charge in [-0.3, -0.25) is 0 Å². The molecule has 2 fully saturated rings. The molecule has 1 unspecified atom stereocenters. The van der Waals surface area contributed by atoms with Crippen molar-refractivity contribution in [1.29, 1.82) is 0 Å². The van der Waals surface area contributed by atoms with Gasteiger partial charge in [0.15, 0.2) is 0 Å². The highest BCUT2D eigenvalue weighted by Crippen LogP contribution is 2.31. The van der Waals surface area contributed by atoms with E-state index in [1.54, 1.807) is 0 Å². The van der Waals surface area contributed by atoms with E-state index in [1.165, 1.54) is 32.1 Å². The van der Waals surface area contributed by atoms with Crippen molar-refractivity contribution >= 4 is 0 Å². The van der Waals surface area contributed by atoms with Crippen molar-refractivity contribution in [2.75, 3.05) is 13.2 Å². The van der Waals surface area contributed by atoms with Gasteiger partial charge in [0.25, 0.3) is 0 Å². The molecule has 0 heterocycles. The lowest BCUT2D eigenvalue weighted by atomic mass is 9.85. The van der Waals surface area contributed by atoms with Crippen LogP contribution in [0, 0.1) is 12.3 Å². The molecule has 0 bridgehead atoms. The molecule has 3 nitrogen and oxygen atoms in total. The molecule has 0 spiro atoms. The number of nitrogens with one attached hydrogen (secondary N) is 1. The van der Waals surface area contributed by atoms with Crippen molar-refractivity contribution in [3.05, 3.63) is 0 Å². The zero-order valence-corrected chi connectivity index (χ0v) is 11.9. The summed E-state index contributed by atoms with van der Waals surface area (Å²) in [7, 11) is 0. The first-order valence-corrected chi connectivity index (χ1v) is 7.77. The number of hydrogen-bond acceptors (Lipinski definition) is 3. The van der Waals surface area contributed by atoms with E-state index in [2.05, 4.69) is 11.2 Å². The average molecular weight is 265 g/mol. The van der Waals surface area contributed by atoms with E-state index >= 15 is 0 Å². The quantitative estimate of drug-likeness (QED) is 0.724. The lowest BCUT2D eigenvalue weighted by Gasteiger charge is -2.33. The maximum Gasteiger partial charge on any atom is 0.128 e. The molecule has 2 aliphatic rings. The summed E-state index contributed by atoms with van der Waals surface area (Å²) in [6.45, 7) is 0.967. The minimum atomic E-state index is -0.451. The Balaban J connectivity index is 1.66. The largest absolute Gasteiger partial charge is 0.389 e. The Bertz CT molecular complexity index is 298. The van der Waals surface area contributed by atoms with Crippen LogP contribution in [0.1, 0.15) is 57.8 Å². The molecule has 19 heavy (non-hydrogen) atoms. The summed E-state index contributed by atoms with van der Waals surface area (Å²) in [5, 5.41) is 13.4. The Hall–Kier alpha value is -0.560. The van der Waals surface area contributed by atoms with Crippen molar-refractivity contribution in [2.24, 2.45) is 0 Å². The summed E-state index contributed by atoms with van der Waals surface area (Å²) >= 11 is 0. The molecule has 2 saturated carbocycles. The van der Waals surface area contributed by atoms with Gasteiger partial charge in [-0.05, 0) is 38.5 Å². The summed E-state index contributed by atoms with van der Waals surface area (Å²) in [6, 6.07) is 0.589. The Morgan fingerprint density at radius 3 is 2.53 bits per heavy atom. The van der Waals surface area contributed by atoms with Gasteiger partial charge in [0.05, 0.1) is 12.7 Å². The highest BCUT2D eigenvalue weighted by Gasteiger charge is 2.31. The van der Waals surface area contributed by atoms with Crippen LogP contribution >= 0.6 is 0 Å². The molecule has 0 aromatic heterocycles. The van der Waals surface area contributed by atoms with Gasteiger partial charge in [0, 0.05) is 12.6 Å². The average Bonchev–Trinajstić information content (AvgIpc) is 2.97. The topological polar surface area (TPSA) is 41.5 Å². The van der Waals surface area contributed by atoms with Crippen LogP contribution in [0.3, 0.4) is 0 Å². The van der Waals surface area contributed by atoms with Crippen molar-refractivity contribution in [1.82, 2.24) is 5.32 Å². The fraction of sp³-hybridized carbons (Fsp3) is 0.875. The molecule has 2 N–H and O–H groups in total. The smallest absolute Gasteiger partial charge is 0.128 e. The zero-order chi connectivity index (χ0) is 13.6. The van der Waals surface area contributed by atoms with Crippen molar-refractivity contribution in [3.8, 4) is 12.3 Å². The molecular formula is C16H27NO2. The van der Waals surface area contributed by atoms with E-state index in [-0.39, 0.29) is 0 Å². The van der Waals surface area contributed by atoms with Gasteiger partial charge in [-0.15, -0.1) is 6.42 Å². The van der Waals surface area contributed by atoms with E-state index < -0.39 is 11.7 Å². The van der Waals surface area contributed by atoms with E-state index in [0.717, 1.165) is 25.7 Å². The number of ether oxygens (including phenoxy) is 1. The molecule has 0 aliphatic heterocycles. The normalized spacial score (nSPS) is 25.1. The minimum Gasteiger partial charge on any atom is -0.389 e. The second kappa shape index (κ2) is 7.28. The molecule has 108 valence electrons. The summed E-state index contributed by atoms with van der Waals surface area (Å²) < 4.78 is 5.87. The standard InChI is InChI=1S/C16H27NO2/c1-2-16(10-6-3-7-11-16)19-13-15(18)12-17-14-8-4-5-9-14/h1,14-15,17-18H,3-13H2. The predicted molar refractivity (Wildman–Crippen MR) is 76.9 cm³/mol. The fourth-order valence-corrected chi connectivity index (χ4v) is 3.20. The first kappa shape index (κ1) is 14.8. The van der Waals surface area contributed by atoms with Gasteiger partial charge in [0.1, 0.15) is 5.60 Å². The van der Waals surface area contributed by atoms with Crippen LogP contribution in [0.4, 0.5) is 0 Å². The number of aliphatic hydroxyl groups excluding tert-OH is 1. The van der Waals surface area contributed by atoms with Gasteiger partial charge in [-0.25, -0.2) is 0 Å². The predicted octanol–water partition coefficient (Wildman–Crippen LogP) is 2.23. The molecular weight excluding hydrogens is 238 g/mol. The number of terminal acetylenes is 1. The van der Waals surface area contributed by atoms with Gasteiger partial charge < -0.3 is 15.2 Å². The maximum absolute atomic E-state index is 9.99. The molecule has 0 aromatic rings.